The van der Waals surface area contributed by atoms with E-state index in [0.29, 0.717) is 0 Å². The third kappa shape index (κ3) is 3.04. The van der Waals surface area contributed by atoms with Gasteiger partial charge in [0.05, 0.1) is 17.8 Å². The number of nitrogens with one attached hydrogen (secondary N) is 1. The summed E-state index contributed by atoms with van der Waals surface area (Å²) in [5.41, 5.74) is 2.06. The lowest BCUT2D eigenvalue weighted by atomic mass is 10.2. The van der Waals surface area contributed by atoms with Gasteiger partial charge < -0.3 is 10.1 Å². The minimum atomic E-state index is 0.768. The summed E-state index contributed by atoms with van der Waals surface area (Å²) in [4.78, 5) is 4.67. The zero-order chi connectivity index (χ0) is 13.1. The number of pyridine rings is 1. The van der Waals surface area contributed by atoms with E-state index in [1.807, 2.05) is 12.1 Å². The van der Waals surface area contributed by atoms with Crippen LogP contribution in [0.25, 0.3) is 10.9 Å². The quantitative estimate of drug-likeness (QED) is 0.862. The number of rotatable bonds is 6. The van der Waals surface area contributed by atoms with E-state index in [4.69, 9.17) is 4.74 Å². The van der Waals surface area contributed by atoms with Gasteiger partial charge in [0.15, 0.2) is 0 Å². The van der Waals surface area contributed by atoms with Gasteiger partial charge in [-0.1, -0.05) is 19.1 Å². The van der Waals surface area contributed by atoms with E-state index >= 15 is 0 Å². The summed E-state index contributed by atoms with van der Waals surface area (Å²) >= 11 is 0. The van der Waals surface area contributed by atoms with Gasteiger partial charge in [-0.2, -0.15) is 0 Å². The van der Waals surface area contributed by atoms with Crippen molar-refractivity contribution < 1.29 is 4.74 Å². The van der Waals surface area contributed by atoms with Crippen molar-refractivity contribution in [1.82, 2.24) is 10.3 Å². The molecule has 0 amide bonds. The molecule has 3 rings (SSSR count). The maximum Gasteiger partial charge on any atom is 0.130 e. The second-order valence-corrected chi connectivity index (χ2v) is 5.16. The molecule has 0 saturated heterocycles. The minimum Gasteiger partial charge on any atom is -0.493 e. The van der Waals surface area contributed by atoms with Gasteiger partial charge in [0.2, 0.25) is 0 Å². The predicted octanol–water partition coefficient (Wildman–Crippen LogP) is 3.13. The molecule has 1 saturated carbocycles. The van der Waals surface area contributed by atoms with Gasteiger partial charge in [-0.3, -0.25) is 4.98 Å². The fourth-order valence-corrected chi connectivity index (χ4v) is 2.15. The molecule has 19 heavy (non-hydrogen) atoms. The summed E-state index contributed by atoms with van der Waals surface area (Å²) in [6.07, 6.45) is 2.63. The number of para-hydroxylation sites is 1. The molecular formula is C16H20N2O. The first-order valence-corrected chi connectivity index (χ1v) is 7.09. The number of hydrogen-bond donors (Lipinski definition) is 1. The Morgan fingerprint density at radius 2 is 2.16 bits per heavy atom. The van der Waals surface area contributed by atoms with Crippen LogP contribution in [0.1, 0.15) is 25.5 Å². The van der Waals surface area contributed by atoms with Crippen LogP contribution in [-0.4, -0.2) is 18.1 Å². The van der Waals surface area contributed by atoms with Crippen LogP contribution in [0, 0.1) is 5.92 Å². The smallest absolute Gasteiger partial charge is 0.130 e. The molecule has 3 heteroatoms. The minimum absolute atomic E-state index is 0.768. The van der Waals surface area contributed by atoms with Gasteiger partial charge in [0.25, 0.3) is 0 Å². The van der Waals surface area contributed by atoms with Crippen molar-refractivity contribution in [3.8, 4) is 5.75 Å². The molecule has 1 fully saturated rings. The molecule has 1 aromatic carbocycles. The molecular weight excluding hydrogens is 236 g/mol. The number of benzene rings is 1. The van der Waals surface area contributed by atoms with E-state index in [1.165, 1.54) is 12.8 Å². The molecule has 1 N–H and O–H groups in total. The molecule has 1 heterocycles. The van der Waals surface area contributed by atoms with Gasteiger partial charge in [-0.15, -0.1) is 0 Å². The fourth-order valence-electron chi connectivity index (χ4n) is 2.15. The van der Waals surface area contributed by atoms with Crippen LogP contribution in [0.4, 0.5) is 0 Å². The van der Waals surface area contributed by atoms with E-state index in [1.54, 1.807) is 0 Å². The first-order chi connectivity index (χ1) is 9.36. The molecule has 0 spiro atoms. The van der Waals surface area contributed by atoms with Crippen molar-refractivity contribution in [3.63, 3.8) is 0 Å². The van der Waals surface area contributed by atoms with Gasteiger partial charge >= 0.3 is 0 Å². The highest BCUT2D eigenvalue weighted by Gasteiger charge is 2.22. The largest absolute Gasteiger partial charge is 0.493 e. The van der Waals surface area contributed by atoms with E-state index in [9.17, 15) is 0 Å². The average Bonchev–Trinajstić information content (AvgIpc) is 3.26. The SMILES string of the molecule is CCNCc1cc(OCC2CC2)c2ccccc2n1. The van der Waals surface area contributed by atoms with Crippen molar-refractivity contribution >= 4 is 10.9 Å². The molecule has 1 aromatic heterocycles. The molecule has 1 aliphatic carbocycles. The Bertz CT molecular complexity index is 564. The summed E-state index contributed by atoms with van der Waals surface area (Å²) in [5.74, 6) is 1.74. The Morgan fingerprint density at radius 3 is 2.95 bits per heavy atom. The summed E-state index contributed by atoms with van der Waals surface area (Å²) in [7, 11) is 0. The van der Waals surface area contributed by atoms with Crippen molar-refractivity contribution in [2.45, 2.75) is 26.3 Å². The molecule has 1 aliphatic rings. The number of fused-ring (bicyclic) bond motifs is 1. The van der Waals surface area contributed by atoms with Gasteiger partial charge in [-0.05, 0) is 37.4 Å². The van der Waals surface area contributed by atoms with Crippen LogP contribution >= 0.6 is 0 Å². The van der Waals surface area contributed by atoms with Crippen molar-refractivity contribution in [2.24, 2.45) is 5.92 Å². The highest BCUT2D eigenvalue weighted by Crippen LogP contribution is 2.31. The lowest BCUT2D eigenvalue weighted by molar-refractivity contribution is 0.302. The second-order valence-electron chi connectivity index (χ2n) is 5.16. The zero-order valence-corrected chi connectivity index (χ0v) is 11.4. The number of aromatic nitrogens is 1. The normalized spacial score (nSPS) is 14.8. The maximum absolute atomic E-state index is 6.00. The first-order valence-electron chi connectivity index (χ1n) is 7.09. The van der Waals surface area contributed by atoms with E-state index in [2.05, 4.69) is 35.4 Å². The predicted molar refractivity (Wildman–Crippen MR) is 77.3 cm³/mol. The molecule has 0 bridgehead atoms. The zero-order valence-electron chi connectivity index (χ0n) is 11.4. The van der Waals surface area contributed by atoms with E-state index in [0.717, 1.165) is 48.0 Å². The van der Waals surface area contributed by atoms with Gasteiger partial charge in [-0.25, -0.2) is 0 Å². The van der Waals surface area contributed by atoms with Crippen LogP contribution in [-0.2, 0) is 6.54 Å². The molecule has 100 valence electrons. The van der Waals surface area contributed by atoms with Crippen LogP contribution in [0.3, 0.4) is 0 Å². The third-order valence-electron chi connectivity index (χ3n) is 3.46. The molecule has 2 aromatic rings. The summed E-state index contributed by atoms with van der Waals surface area (Å²) < 4.78 is 6.00. The van der Waals surface area contributed by atoms with Gasteiger partial charge in [0, 0.05) is 18.0 Å². The van der Waals surface area contributed by atoms with Crippen molar-refractivity contribution in [3.05, 3.63) is 36.0 Å². The molecule has 0 aliphatic heterocycles. The maximum atomic E-state index is 6.00. The Hall–Kier alpha value is -1.61. The topological polar surface area (TPSA) is 34.1 Å². The average molecular weight is 256 g/mol. The van der Waals surface area contributed by atoms with Crippen LogP contribution in [0.5, 0.6) is 5.75 Å². The van der Waals surface area contributed by atoms with Crippen molar-refractivity contribution in [2.75, 3.05) is 13.2 Å². The summed E-state index contributed by atoms with van der Waals surface area (Å²) in [6.45, 7) is 4.69. The summed E-state index contributed by atoms with van der Waals surface area (Å²) in [6, 6.07) is 10.3. The second kappa shape index (κ2) is 5.57. The Morgan fingerprint density at radius 1 is 1.32 bits per heavy atom. The Balaban J connectivity index is 1.90. The number of nitrogens with zero attached hydrogens (tertiary/aromatic N) is 1. The first kappa shape index (κ1) is 12.4. The Labute approximate surface area is 114 Å². The number of ether oxygens (including phenoxy) is 1. The molecule has 3 nitrogen and oxygen atoms in total. The third-order valence-corrected chi connectivity index (χ3v) is 3.46. The standard InChI is InChI=1S/C16H20N2O/c1-2-17-10-13-9-16(19-11-12-7-8-12)14-5-3-4-6-15(14)18-13/h3-6,9,12,17H,2,7-8,10-11H2,1H3. The highest BCUT2D eigenvalue weighted by molar-refractivity contribution is 5.85. The lowest BCUT2D eigenvalue weighted by Crippen LogP contribution is -2.13. The number of hydrogen-bond acceptors (Lipinski definition) is 3. The molecule has 0 atom stereocenters. The molecule has 0 radical (unpaired) electrons. The van der Waals surface area contributed by atoms with E-state index < -0.39 is 0 Å². The van der Waals surface area contributed by atoms with Crippen LogP contribution < -0.4 is 10.1 Å². The fraction of sp³-hybridized carbons (Fsp3) is 0.438. The van der Waals surface area contributed by atoms with Crippen molar-refractivity contribution in [1.29, 1.82) is 0 Å². The van der Waals surface area contributed by atoms with Gasteiger partial charge in [0.1, 0.15) is 5.75 Å². The highest BCUT2D eigenvalue weighted by atomic mass is 16.5. The lowest BCUT2D eigenvalue weighted by Gasteiger charge is -2.11. The monoisotopic (exact) mass is 256 g/mol. The van der Waals surface area contributed by atoms with E-state index in [-0.39, 0.29) is 0 Å². The Kier molecular flexibility index (Phi) is 3.65. The van der Waals surface area contributed by atoms with Crippen LogP contribution in [0.15, 0.2) is 30.3 Å². The summed E-state index contributed by atoms with van der Waals surface area (Å²) in [5, 5.41) is 4.43. The van der Waals surface area contributed by atoms with Crippen LogP contribution in [0.2, 0.25) is 0 Å². The molecule has 0 unspecified atom stereocenters.